The van der Waals surface area contributed by atoms with Crippen molar-refractivity contribution in [2.75, 3.05) is 6.61 Å². The van der Waals surface area contributed by atoms with Crippen molar-refractivity contribution in [2.24, 2.45) is 11.3 Å². The molecular weight excluding hydrogens is 264 g/mol. The Hall–Kier alpha value is -1.35. The Labute approximate surface area is 125 Å². The molecule has 1 N–H and O–H groups in total. The SMILES string of the molecule is CC1(C)CCC[C@@]23CO[C@@H](C[C@@H]12)c1cc(C=O)c(O)cc13. The van der Waals surface area contributed by atoms with Crippen molar-refractivity contribution in [2.45, 2.75) is 51.0 Å². The Morgan fingerprint density at radius 3 is 2.90 bits per heavy atom. The van der Waals surface area contributed by atoms with E-state index in [-0.39, 0.29) is 17.3 Å². The summed E-state index contributed by atoms with van der Waals surface area (Å²) in [5, 5.41) is 10.1. The van der Waals surface area contributed by atoms with Gasteiger partial charge in [-0.2, -0.15) is 0 Å². The van der Waals surface area contributed by atoms with Gasteiger partial charge in [0.25, 0.3) is 0 Å². The molecule has 2 bridgehead atoms. The molecule has 4 aliphatic rings. The highest BCUT2D eigenvalue weighted by molar-refractivity contribution is 5.80. The molecule has 1 saturated carbocycles. The van der Waals surface area contributed by atoms with Gasteiger partial charge in [0.1, 0.15) is 5.75 Å². The van der Waals surface area contributed by atoms with Crippen molar-refractivity contribution >= 4 is 6.29 Å². The molecule has 1 spiro atoms. The maximum atomic E-state index is 11.1. The van der Waals surface area contributed by atoms with Gasteiger partial charge in [0, 0.05) is 5.41 Å². The van der Waals surface area contributed by atoms with Crippen LogP contribution in [0.2, 0.25) is 0 Å². The second-order valence-electron chi connectivity index (χ2n) is 7.70. The summed E-state index contributed by atoms with van der Waals surface area (Å²) < 4.78 is 6.10. The van der Waals surface area contributed by atoms with Gasteiger partial charge >= 0.3 is 0 Å². The van der Waals surface area contributed by atoms with Crippen molar-refractivity contribution in [3.63, 3.8) is 0 Å². The molecule has 2 fully saturated rings. The number of hydrogen-bond acceptors (Lipinski definition) is 3. The van der Waals surface area contributed by atoms with Crippen LogP contribution >= 0.6 is 0 Å². The largest absolute Gasteiger partial charge is 0.507 e. The first-order valence-electron chi connectivity index (χ1n) is 7.92. The van der Waals surface area contributed by atoms with E-state index in [4.69, 9.17) is 4.74 Å². The van der Waals surface area contributed by atoms with E-state index in [1.165, 1.54) is 18.4 Å². The lowest BCUT2D eigenvalue weighted by molar-refractivity contribution is -0.136. The lowest BCUT2D eigenvalue weighted by atomic mass is 9.48. The lowest BCUT2D eigenvalue weighted by Crippen LogP contribution is -2.56. The molecule has 3 heteroatoms. The summed E-state index contributed by atoms with van der Waals surface area (Å²) in [6, 6.07) is 3.70. The average molecular weight is 286 g/mol. The predicted octanol–water partition coefficient (Wildman–Crippen LogP) is 3.74. The highest BCUT2D eigenvalue weighted by Crippen LogP contribution is 2.63. The minimum Gasteiger partial charge on any atom is -0.507 e. The van der Waals surface area contributed by atoms with Gasteiger partial charge in [0.2, 0.25) is 0 Å². The van der Waals surface area contributed by atoms with Gasteiger partial charge in [-0.15, -0.1) is 0 Å². The van der Waals surface area contributed by atoms with Crippen molar-refractivity contribution in [1.82, 2.24) is 0 Å². The third-order valence-electron chi connectivity index (χ3n) is 6.26. The van der Waals surface area contributed by atoms with E-state index in [1.54, 1.807) is 0 Å². The molecule has 3 atom stereocenters. The van der Waals surface area contributed by atoms with E-state index in [0.29, 0.717) is 16.9 Å². The summed E-state index contributed by atoms with van der Waals surface area (Å²) in [5.74, 6) is 0.722. The van der Waals surface area contributed by atoms with E-state index in [2.05, 4.69) is 13.8 Å². The van der Waals surface area contributed by atoms with E-state index in [9.17, 15) is 9.90 Å². The summed E-state index contributed by atoms with van der Waals surface area (Å²) >= 11 is 0. The number of carbonyl (C=O) groups is 1. The fourth-order valence-corrected chi connectivity index (χ4v) is 5.24. The third kappa shape index (κ3) is 1.61. The van der Waals surface area contributed by atoms with Crippen LogP contribution in [0.3, 0.4) is 0 Å². The van der Waals surface area contributed by atoms with Gasteiger partial charge in [0.05, 0.1) is 18.3 Å². The Kier molecular flexibility index (Phi) is 2.60. The molecule has 1 saturated heterocycles. The van der Waals surface area contributed by atoms with Crippen LogP contribution in [0.15, 0.2) is 12.1 Å². The van der Waals surface area contributed by atoms with E-state index in [1.807, 2.05) is 12.1 Å². The van der Waals surface area contributed by atoms with E-state index in [0.717, 1.165) is 31.3 Å². The molecule has 0 radical (unpaired) electrons. The molecular formula is C18H22O3. The average Bonchev–Trinajstić information content (AvgIpc) is 2.46. The second kappa shape index (κ2) is 4.10. The second-order valence-corrected chi connectivity index (χ2v) is 7.70. The number of rotatable bonds is 1. The maximum Gasteiger partial charge on any atom is 0.153 e. The first-order valence-corrected chi connectivity index (χ1v) is 7.92. The Balaban J connectivity index is 1.93. The van der Waals surface area contributed by atoms with Crippen LogP contribution in [0.5, 0.6) is 5.75 Å². The van der Waals surface area contributed by atoms with Gasteiger partial charge in [-0.1, -0.05) is 20.3 Å². The first-order chi connectivity index (χ1) is 9.98. The number of phenols is 1. The van der Waals surface area contributed by atoms with Crippen LogP contribution in [-0.4, -0.2) is 18.0 Å². The van der Waals surface area contributed by atoms with Crippen LogP contribution in [0.1, 0.15) is 67.1 Å². The molecule has 3 nitrogen and oxygen atoms in total. The molecule has 2 heterocycles. The van der Waals surface area contributed by atoms with E-state index >= 15 is 0 Å². The molecule has 0 aromatic heterocycles. The Morgan fingerprint density at radius 1 is 1.33 bits per heavy atom. The highest BCUT2D eigenvalue weighted by atomic mass is 16.5. The number of carbonyl (C=O) groups excluding carboxylic acids is 1. The van der Waals surface area contributed by atoms with Gasteiger partial charge < -0.3 is 9.84 Å². The molecule has 2 aliphatic carbocycles. The summed E-state index contributed by atoms with van der Waals surface area (Å²) in [4.78, 5) is 11.1. The molecule has 21 heavy (non-hydrogen) atoms. The maximum absolute atomic E-state index is 11.1. The van der Waals surface area contributed by atoms with Crippen molar-refractivity contribution in [3.8, 4) is 5.75 Å². The summed E-state index contributed by atoms with van der Waals surface area (Å²) in [7, 11) is 0. The van der Waals surface area contributed by atoms with Crippen molar-refractivity contribution < 1.29 is 14.6 Å². The van der Waals surface area contributed by atoms with E-state index < -0.39 is 0 Å². The van der Waals surface area contributed by atoms with Crippen LogP contribution in [-0.2, 0) is 10.2 Å². The number of fused-ring (bicyclic) bond motifs is 1. The zero-order valence-corrected chi connectivity index (χ0v) is 12.7. The summed E-state index contributed by atoms with van der Waals surface area (Å²) in [6.45, 7) is 5.51. The topological polar surface area (TPSA) is 46.5 Å². The number of aldehydes is 1. The van der Waals surface area contributed by atoms with Crippen LogP contribution in [0.25, 0.3) is 0 Å². The highest BCUT2D eigenvalue weighted by Gasteiger charge is 2.58. The standard InChI is InChI=1S/C18H22O3/c1-17(2)4-3-5-18-10-21-15(8-16(17)18)12-6-11(9-19)14(20)7-13(12)18/h6-7,9,15-16,20H,3-5,8,10H2,1-2H3/t15-,16-,18-/m0/s1. The molecule has 0 unspecified atom stereocenters. The number of aromatic hydroxyl groups is 1. The van der Waals surface area contributed by atoms with Crippen LogP contribution in [0, 0.1) is 11.3 Å². The Bertz CT molecular complexity index is 619. The van der Waals surface area contributed by atoms with Crippen molar-refractivity contribution in [3.05, 3.63) is 28.8 Å². The first kappa shape index (κ1) is 13.3. The van der Waals surface area contributed by atoms with Crippen LogP contribution in [0.4, 0.5) is 0 Å². The predicted molar refractivity (Wildman–Crippen MR) is 79.6 cm³/mol. The monoisotopic (exact) mass is 286 g/mol. The minimum absolute atomic E-state index is 0.0325. The van der Waals surface area contributed by atoms with Crippen LogP contribution < -0.4 is 0 Å². The van der Waals surface area contributed by atoms with Gasteiger partial charge in [-0.3, -0.25) is 4.79 Å². The molecule has 0 amide bonds. The fraction of sp³-hybridized carbons (Fsp3) is 0.611. The zero-order chi connectivity index (χ0) is 14.8. The number of benzene rings is 1. The minimum atomic E-state index is 0.0325. The normalized spacial score (nSPS) is 35.9. The van der Waals surface area contributed by atoms with Crippen molar-refractivity contribution in [1.29, 1.82) is 0 Å². The molecule has 1 aromatic carbocycles. The number of ether oxygens (including phenoxy) is 1. The number of phenolic OH excluding ortho intramolecular Hbond substituents is 1. The molecule has 5 rings (SSSR count). The summed E-state index contributed by atoms with van der Waals surface area (Å²) in [6.07, 6.45) is 5.46. The van der Waals surface area contributed by atoms with Gasteiger partial charge in [0.15, 0.2) is 6.29 Å². The lowest BCUT2D eigenvalue weighted by Gasteiger charge is -2.60. The van der Waals surface area contributed by atoms with Gasteiger partial charge in [-0.25, -0.2) is 0 Å². The molecule has 2 aliphatic heterocycles. The zero-order valence-electron chi connectivity index (χ0n) is 12.7. The fourth-order valence-electron chi connectivity index (χ4n) is 5.24. The third-order valence-corrected chi connectivity index (χ3v) is 6.26. The molecule has 1 aromatic rings. The molecule has 112 valence electrons. The van der Waals surface area contributed by atoms with Gasteiger partial charge in [-0.05, 0) is 53.9 Å². The quantitative estimate of drug-likeness (QED) is 0.800. The smallest absolute Gasteiger partial charge is 0.153 e. The Morgan fingerprint density at radius 2 is 2.14 bits per heavy atom. The summed E-state index contributed by atoms with van der Waals surface area (Å²) in [5.41, 5.74) is 3.11. The number of hydrogen-bond donors (Lipinski definition) is 1.